The molecular formula is C44H50N2O8. The fourth-order valence-corrected chi connectivity index (χ4v) is 9.48. The van der Waals surface area contributed by atoms with Gasteiger partial charge in [-0.1, -0.05) is 45.9 Å². The molecule has 10 nitrogen and oxygen atoms in total. The molecule has 2 saturated carbocycles. The smallest absolute Gasteiger partial charge is 0.345 e. The normalized spacial score (nSPS) is 28.7. The number of aliphatic hydroxyl groups excluding tert-OH is 1. The van der Waals surface area contributed by atoms with Gasteiger partial charge in [0.2, 0.25) is 0 Å². The molecule has 54 heavy (non-hydrogen) atoms. The Morgan fingerprint density at radius 1 is 1.07 bits per heavy atom. The van der Waals surface area contributed by atoms with Gasteiger partial charge in [-0.15, -0.1) is 0 Å². The molecule has 0 spiro atoms. The van der Waals surface area contributed by atoms with Crippen LogP contribution in [0.4, 0.5) is 0 Å². The summed E-state index contributed by atoms with van der Waals surface area (Å²) in [7, 11) is 1.65. The van der Waals surface area contributed by atoms with Gasteiger partial charge in [-0.2, -0.15) is 5.26 Å². The third kappa shape index (κ3) is 6.74. The molecule has 2 aromatic heterocycles. The van der Waals surface area contributed by atoms with E-state index in [1.54, 1.807) is 62.0 Å². The Kier molecular flexibility index (Phi) is 11.2. The fourth-order valence-electron chi connectivity index (χ4n) is 9.48. The fraction of sp³-hybridized carbons (Fsp3) is 0.455. The number of esters is 1. The molecule has 9 atom stereocenters. The largest absolute Gasteiger partial charge is 0.482 e. The van der Waals surface area contributed by atoms with E-state index in [2.05, 4.69) is 24.9 Å². The summed E-state index contributed by atoms with van der Waals surface area (Å²) in [5, 5.41) is 21.7. The van der Waals surface area contributed by atoms with Crippen LogP contribution < -0.4 is 10.4 Å². The molecule has 1 aliphatic heterocycles. The molecule has 0 bridgehead atoms. The SMILES string of the molecule is CC.COC(OC1CCC2(C)C(CC(OC(=O)c3ccc(C#N)cc3)C3(C)Oc4cc(-c5cccnc5)oc(=O)c4C(O)C23)C1C)c1c(C)cccc1C. The van der Waals surface area contributed by atoms with E-state index >= 15 is 0 Å². The van der Waals surface area contributed by atoms with Crippen LogP contribution in [0, 0.1) is 48.3 Å². The zero-order chi connectivity index (χ0) is 38.9. The van der Waals surface area contributed by atoms with Crippen LogP contribution >= 0.6 is 0 Å². The van der Waals surface area contributed by atoms with E-state index in [9.17, 15) is 20.0 Å². The maximum atomic E-state index is 13.8. The second kappa shape index (κ2) is 15.5. The minimum absolute atomic E-state index is 0.0506. The third-order valence-corrected chi connectivity index (χ3v) is 12.1. The molecule has 1 N–H and O–H groups in total. The second-order valence-corrected chi connectivity index (χ2v) is 15.0. The van der Waals surface area contributed by atoms with Gasteiger partial charge in [0.25, 0.3) is 0 Å². The maximum Gasteiger partial charge on any atom is 0.345 e. The highest BCUT2D eigenvalue weighted by Crippen LogP contribution is 2.65. The van der Waals surface area contributed by atoms with Gasteiger partial charge in [-0.3, -0.25) is 4.98 Å². The van der Waals surface area contributed by atoms with Gasteiger partial charge in [-0.05, 0) is 105 Å². The number of aromatic nitrogens is 1. The van der Waals surface area contributed by atoms with E-state index < -0.39 is 47.0 Å². The molecule has 2 fully saturated rings. The highest BCUT2D eigenvalue weighted by atomic mass is 16.7. The molecule has 0 saturated heterocycles. The molecule has 7 rings (SSSR count). The Morgan fingerprint density at radius 3 is 2.41 bits per heavy atom. The number of benzene rings is 2. The van der Waals surface area contributed by atoms with Crippen molar-refractivity contribution in [2.24, 2.45) is 23.2 Å². The van der Waals surface area contributed by atoms with Crippen molar-refractivity contribution < 1.29 is 33.3 Å². The lowest BCUT2D eigenvalue weighted by atomic mass is 9.46. The summed E-state index contributed by atoms with van der Waals surface area (Å²) in [4.78, 5) is 31.7. The van der Waals surface area contributed by atoms with Crippen LogP contribution in [0.15, 0.2) is 82.3 Å². The van der Waals surface area contributed by atoms with E-state index in [-0.39, 0.29) is 40.6 Å². The summed E-state index contributed by atoms with van der Waals surface area (Å²) in [6, 6.07) is 19.6. The highest BCUT2D eigenvalue weighted by Gasteiger charge is 2.68. The molecule has 9 unspecified atom stereocenters. The number of aliphatic hydroxyl groups is 1. The molecule has 3 heterocycles. The first-order valence-corrected chi connectivity index (χ1v) is 18.8. The quantitative estimate of drug-likeness (QED) is 0.145. The number of rotatable bonds is 7. The molecule has 2 aliphatic carbocycles. The Hall–Kier alpha value is -4.82. The zero-order valence-corrected chi connectivity index (χ0v) is 32.3. The van der Waals surface area contributed by atoms with Crippen LogP contribution in [0.3, 0.4) is 0 Å². The van der Waals surface area contributed by atoms with Crippen LogP contribution in [0.5, 0.6) is 5.75 Å². The molecule has 2 aromatic carbocycles. The van der Waals surface area contributed by atoms with Crippen molar-refractivity contribution in [3.05, 3.63) is 117 Å². The average molecular weight is 735 g/mol. The maximum absolute atomic E-state index is 13.8. The lowest BCUT2D eigenvalue weighted by Crippen LogP contribution is -2.69. The number of hydrogen-bond donors (Lipinski definition) is 1. The first-order chi connectivity index (χ1) is 25.9. The topological polar surface area (TPSA) is 141 Å². The number of nitriles is 1. The van der Waals surface area contributed by atoms with E-state index in [0.717, 1.165) is 16.7 Å². The minimum Gasteiger partial charge on any atom is -0.482 e. The van der Waals surface area contributed by atoms with Crippen molar-refractivity contribution in [1.29, 1.82) is 5.26 Å². The molecule has 0 radical (unpaired) electrons. The van der Waals surface area contributed by atoms with E-state index in [1.165, 1.54) is 0 Å². The number of ether oxygens (including phenoxy) is 4. The van der Waals surface area contributed by atoms with Crippen molar-refractivity contribution in [1.82, 2.24) is 4.98 Å². The first-order valence-electron chi connectivity index (χ1n) is 18.8. The van der Waals surface area contributed by atoms with Gasteiger partial charge in [-0.25, -0.2) is 9.59 Å². The second-order valence-electron chi connectivity index (χ2n) is 15.0. The van der Waals surface area contributed by atoms with Gasteiger partial charge in [0.15, 0.2) is 6.29 Å². The van der Waals surface area contributed by atoms with Crippen LogP contribution in [0.25, 0.3) is 11.3 Å². The van der Waals surface area contributed by atoms with Crippen LogP contribution in [0.2, 0.25) is 0 Å². The summed E-state index contributed by atoms with van der Waals surface area (Å²) < 4.78 is 31.7. The summed E-state index contributed by atoms with van der Waals surface area (Å²) in [5.41, 5.74) is 2.02. The predicted octanol–water partition coefficient (Wildman–Crippen LogP) is 8.43. The summed E-state index contributed by atoms with van der Waals surface area (Å²) in [6.45, 7) is 14.3. The van der Waals surface area contributed by atoms with Crippen LogP contribution in [-0.4, -0.2) is 41.0 Å². The van der Waals surface area contributed by atoms with E-state index in [1.807, 2.05) is 52.8 Å². The molecule has 3 aliphatic rings. The van der Waals surface area contributed by atoms with Crippen LogP contribution in [0.1, 0.15) is 104 Å². The van der Waals surface area contributed by atoms with Crippen molar-refractivity contribution in [2.45, 2.75) is 97.9 Å². The Labute approximate surface area is 317 Å². The number of carbonyl (C=O) groups excluding carboxylic acids is 1. The lowest BCUT2D eigenvalue weighted by Gasteiger charge is -2.64. The van der Waals surface area contributed by atoms with Crippen LogP contribution in [-0.2, 0) is 14.2 Å². The summed E-state index contributed by atoms with van der Waals surface area (Å²) >= 11 is 0. The number of fused-ring (bicyclic) bond motifs is 4. The van der Waals surface area contributed by atoms with Crippen molar-refractivity contribution in [3.63, 3.8) is 0 Å². The molecule has 4 aromatic rings. The number of hydrogen-bond acceptors (Lipinski definition) is 10. The number of methoxy groups -OCH3 is 1. The lowest BCUT2D eigenvalue weighted by molar-refractivity contribution is -0.258. The first kappa shape index (κ1) is 38.9. The summed E-state index contributed by atoms with van der Waals surface area (Å²) in [6.07, 6.45) is 2.07. The number of aryl methyl sites for hydroxylation is 2. The van der Waals surface area contributed by atoms with Crippen molar-refractivity contribution in [3.8, 4) is 23.1 Å². The number of pyridine rings is 1. The van der Waals surface area contributed by atoms with Gasteiger partial charge in [0.05, 0.1) is 29.4 Å². The van der Waals surface area contributed by atoms with Gasteiger partial charge >= 0.3 is 11.6 Å². The minimum atomic E-state index is -1.28. The summed E-state index contributed by atoms with van der Waals surface area (Å²) in [5.74, 6) is -0.961. The number of nitrogens with zero attached hydrogens (tertiary/aromatic N) is 2. The molecule has 0 amide bonds. The third-order valence-electron chi connectivity index (χ3n) is 12.1. The Bertz CT molecular complexity index is 2050. The standard InChI is InChI=1S/C42H44N2O8.C2H6/c1-23-9-7-10-24(2)34(23)40(48-6)50-30-16-17-41(4)29(25(30)3)19-33(51-38(46)27-14-12-26(21-43)13-15-27)42(5)37(41)36(45)35-32(52-42)20-31(49-39(35)47)28-11-8-18-44-22-28;1-2/h7-15,18,20,22,25,29-30,33,36-37,40,45H,16-17,19H2,1-6H3;1-2H3. The molecular weight excluding hydrogens is 684 g/mol. The highest BCUT2D eigenvalue weighted by molar-refractivity contribution is 5.89. The zero-order valence-electron chi connectivity index (χ0n) is 32.3. The predicted molar refractivity (Wildman–Crippen MR) is 203 cm³/mol. The monoisotopic (exact) mass is 734 g/mol. The average Bonchev–Trinajstić information content (AvgIpc) is 3.16. The van der Waals surface area contributed by atoms with Gasteiger partial charge in [0.1, 0.15) is 28.8 Å². The van der Waals surface area contributed by atoms with E-state index in [0.29, 0.717) is 30.4 Å². The van der Waals surface area contributed by atoms with E-state index in [4.69, 9.17) is 23.4 Å². The van der Waals surface area contributed by atoms with Gasteiger partial charge in [0, 0.05) is 42.6 Å². The Morgan fingerprint density at radius 2 is 1.78 bits per heavy atom. The molecule has 10 heteroatoms. The Balaban J connectivity index is 0.00000245. The van der Waals surface area contributed by atoms with Gasteiger partial charge < -0.3 is 28.5 Å². The number of carbonyl (C=O) groups is 1. The molecule has 284 valence electrons. The van der Waals surface area contributed by atoms with Crippen molar-refractivity contribution >= 4 is 5.97 Å². The van der Waals surface area contributed by atoms with Crippen molar-refractivity contribution in [2.75, 3.05) is 7.11 Å².